The predicted molar refractivity (Wildman–Crippen MR) is 129 cm³/mol. The fourth-order valence-corrected chi connectivity index (χ4v) is 4.34. The maximum Gasteiger partial charge on any atom is 0.343 e. The molecule has 4 rings (SSSR count). The first-order chi connectivity index (χ1) is 15.4. The molecule has 0 atom stereocenters. The average Bonchev–Trinajstić information content (AvgIpc) is 3.04. The molecule has 0 saturated carbocycles. The van der Waals surface area contributed by atoms with Gasteiger partial charge in [-0.1, -0.05) is 57.9 Å². The number of ether oxygens (including phenoxy) is 1. The van der Waals surface area contributed by atoms with E-state index >= 15 is 0 Å². The number of esters is 1. The van der Waals surface area contributed by atoms with E-state index in [1.54, 1.807) is 72.8 Å². The largest absolute Gasteiger partial charge is 0.423 e. The summed E-state index contributed by atoms with van der Waals surface area (Å²) >= 11 is 10.1. The quantitative estimate of drug-likeness (QED) is 0.213. The summed E-state index contributed by atoms with van der Waals surface area (Å²) in [5, 5.41) is 0.268. The summed E-state index contributed by atoms with van der Waals surface area (Å²) in [6, 6.07) is 20.6. The zero-order valence-electron chi connectivity index (χ0n) is 16.5. The summed E-state index contributed by atoms with van der Waals surface area (Å²) in [5.41, 5.74) is 1.96. The van der Waals surface area contributed by atoms with Gasteiger partial charge in [0.15, 0.2) is 0 Å². The zero-order valence-corrected chi connectivity index (χ0v) is 19.6. The Bertz CT molecular complexity index is 1230. The van der Waals surface area contributed by atoms with Crippen molar-refractivity contribution in [1.82, 2.24) is 4.90 Å². The number of amides is 2. The van der Waals surface area contributed by atoms with Crippen LogP contribution >= 0.6 is 39.3 Å². The van der Waals surface area contributed by atoms with Gasteiger partial charge in [-0.05, 0) is 71.4 Å². The minimum Gasteiger partial charge on any atom is -0.423 e. The molecule has 5 nitrogen and oxygen atoms in total. The van der Waals surface area contributed by atoms with Crippen LogP contribution in [0.1, 0.15) is 21.5 Å². The molecule has 32 heavy (non-hydrogen) atoms. The van der Waals surface area contributed by atoms with Gasteiger partial charge in [-0.25, -0.2) is 4.79 Å². The molecule has 1 fully saturated rings. The Morgan fingerprint density at radius 1 is 1.03 bits per heavy atom. The van der Waals surface area contributed by atoms with E-state index in [-0.39, 0.29) is 17.7 Å². The number of halogens is 2. The topological polar surface area (TPSA) is 63.7 Å². The van der Waals surface area contributed by atoms with Crippen molar-refractivity contribution in [3.63, 3.8) is 0 Å². The summed E-state index contributed by atoms with van der Waals surface area (Å²) in [7, 11) is 0. The lowest BCUT2D eigenvalue weighted by Crippen LogP contribution is -2.27. The van der Waals surface area contributed by atoms with Gasteiger partial charge in [0.2, 0.25) is 0 Å². The van der Waals surface area contributed by atoms with Gasteiger partial charge in [0, 0.05) is 9.50 Å². The summed E-state index contributed by atoms with van der Waals surface area (Å²) in [5.74, 6) is -0.439. The Balaban J connectivity index is 1.43. The Kier molecular flexibility index (Phi) is 6.79. The van der Waals surface area contributed by atoms with Crippen LogP contribution in [0.5, 0.6) is 5.75 Å². The number of imide groups is 1. The Morgan fingerprint density at radius 3 is 2.44 bits per heavy atom. The van der Waals surface area contributed by atoms with Crippen LogP contribution in [0.2, 0.25) is 5.02 Å². The lowest BCUT2D eigenvalue weighted by molar-refractivity contribution is -0.123. The Hall–Kier alpha value is -2.87. The van der Waals surface area contributed by atoms with Crippen molar-refractivity contribution in [3.05, 3.63) is 104 Å². The maximum atomic E-state index is 12.7. The highest BCUT2D eigenvalue weighted by atomic mass is 79.9. The first-order valence-corrected chi connectivity index (χ1v) is 11.5. The van der Waals surface area contributed by atoms with Crippen LogP contribution in [0.4, 0.5) is 4.79 Å². The minimum absolute atomic E-state index is 0.184. The molecule has 0 aromatic heterocycles. The van der Waals surface area contributed by atoms with Gasteiger partial charge in [-0.15, -0.1) is 0 Å². The number of carbonyl (C=O) groups is 3. The molecule has 0 aliphatic carbocycles. The van der Waals surface area contributed by atoms with Crippen LogP contribution < -0.4 is 4.74 Å². The number of rotatable bonds is 5. The van der Waals surface area contributed by atoms with Crippen molar-refractivity contribution in [2.24, 2.45) is 0 Å². The molecule has 3 aromatic carbocycles. The van der Waals surface area contributed by atoms with E-state index < -0.39 is 5.97 Å². The first-order valence-electron chi connectivity index (χ1n) is 9.47. The third-order valence-corrected chi connectivity index (χ3v) is 6.23. The van der Waals surface area contributed by atoms with Gasteiger partial charge in [0.1, 0.15) is 5.75 Å². The van der Waals surface area contributed by atoms with Crippen molar-refractivity contribution < 1.29 is 19.1 Å². The van der Waals surface area contributed by atoms with Crippen LogP contribution in [-0.2, 0) is 11.3 Å². The molecule has 1 aliphatic rings. The van der Waals surface area contributed by atoms with E-state index in [1.807, 2.05) is 6.07 Å². The second-order valence-corrected chi connectivity index (χ2v) is 9.21. The fraction of sp³-hybridized carbons (Fsp3) is 0.0417. The van der Waals surface area contributed by atoms with Crippen molar-refractivity contribution in [1.29, 1.82) is 0 Å². The molecular weight excluding hydrogens is 514 g/mol. The monoisotopic (exact) mass is 527 g/mol. The molecule has 3 aromatic rings. The molecule has 0 radical (unpaired) electrons. The third kappa shape index (κ3) is 5.30. The number of nitrogens with zero attached hydrogens (tertiary/aromatic N) is 1. The highest BCUT2D eigenvalue weighted by Gasteiger charge is 2.34. The summed E-state index contributed by atoms with van der Waals surface area (Å²) in [6.45, 7) is 0.184. The van der Waals surface area contributed by atoms with Crippen LogP contribution in [0.25, 0.3) is 6.08 Å². The van der Waals surface area contributed by atoms with Crippen molar-refractivity contribution in [2.75, 3.05) is 0 Å². The Labute approximate surface area is 202 Å². The van der Waals surface area contributed by atoms with E-state index in [9.17, 15) is 14.4 Å². The molecule has 0 N–H and O–H groups in total. The highest BCUT2D eigenvalue weighted by molar-refractivity contribution is 9.10. The molecule has 1 aliphatic heterocycles. The Morgan fingerprint density at radius 2 is 1.75 bits per heavy atom. The van der Waals surface area contributed by atoms with E-state index in [1.165, 1.54) is 4.90 Å². The van der Waals surface area contributed by atoms with Crippen molar-refractivity contribution in [2.45, 2.75) is 6.54 Å². The maximum absolute atomic E-state index is 12.7. The van der Waals surface area contributed by atoms with Gasteiger partial charge in [-0.2, -0.15) is 0 Å². The number of benzene rings is 3. The lowest BCUT2D eigenvalue weighted by Gasteiger charge is -2.12. The zero-order chi connectivity index (χ0) is 22.7. The number of thioether (sulfide) groups is 1. The lowest BCUT2D eigenvalue weighted by atomic mass is 10.2. The minimum atomic E-state index is -0.470. The van der Waals surface area contributed by atoms with E-state index in [2.05, 4.69) is 15.9 Å². The van der Waals surface area contributed by atoms with Gasteiger partial charge in [-0.3, -0.25) is 14.5 Å². The summed E-state index contributed by atoms with van der Waals surface area (Å²) in [4.78, 5) is 38.8. The molecule has 160 valence electrons. The van der Waals surface area contributed by atoms with Crippen LogP contribution in [-0.4, -0.2) is 22.0 Å². The van der Waals surface area contributed by atoms with Gasteiger partial charge < -0.3 is 4.74 Å². The second kappa shape index (κ2) is 9.73. The summed E-state index contributed by atoms with van der Waals surface area (Å²) < 4.78 is 6.17. The van der Waals surface area contributed by atoms with Gasteiger partial charge >= 0.3 is 5.97 Å². The molecule has 0 spiro atoms. The summed E-state index contributed by atoms with van der Waals surface area (Å²) in [6.07, 6.45) is 1.65. The van der Waals surface area contributed by atoms with Crippen LogP contribution in [0.3, 0.4) is 0 Å². The smallest absolute Gasteiger partial charge is 0.343 e. The van der Waals surface area contributed by atoms with E-state index in [0.29, 0.717) is 26.8 Å². The first kappa shape index (κ1) is 22.3. The highest BCUT2D eigenvalue weighted by Crippen LogP contribution is 2.33. The SMILES string of the molecule is O=C(Oc1ccc(/C=C2\SC(=O)N(Cc3ccc(Cl)cc3)C2=O)cc1)c1cccc(Br)c1. The molecule has 1 heterocycles. The molecule has 1 saturated heterocycles. The van der Waals surface area contributed by atoms with Gasteiger partial charge in [0.25, 0.3) is 11.1 Å². The molecule has 8 heteroatoms. The molecule has 2 amide bonds. The predicted octanol–water partition coefficient (Wildman–Crippen LogP) is 6.56. The number of carbonyl (C=O) groups excluding carboxylic acids is 3. The van der Waals surface area contributed by atoms with Gasteiger partial charge in [0.05, 0.1) is 17.0 Å². The van der Waals surface area contributed by atoms with Crippen LogP contribution in [0.15, 0.2) is 82.2 Å². The van der Waals surface area contributed by atoms with Crippen LogP contribution in [0, 0.1) is 0 Å². The molecular formula is C24H15BrClNO4S. The fourth-order valence-electron chi connectivity index (χ4n) is 2.97. The average molecular weight is 529 g/mol. The number of hydrogen-bond acceptors (Lipinski definition) is 5. The van der Waals surface area contributed by atoms with E-state index in [4.69, 9.17) is 16.3 Å². The normalized spacial score (nSPS) is 14.8. The molecule has 0 unspecified atom stereocenters. The van der Waals surface area contributed by atoms with Crippen molar-refractivity contribution >= 4 is 62.5 Å². The standard InChI is InChI=1S/C24H15BrClNO4S/c25-18-3-1-2-17(13-18)23(29)31-20-10-6-15(7-11-20)12-21-22(28)27(24(30)32-21)14-16-4-8-19(26)9-5-16/h1-13H,14H2/b21-12-. The number of hydrogen-bond donors (Lipinski definition) is 0. The van der Waals surface area contributed by atoms with E-state index in [0.717, 1.165) is 21.8 Å². The second-order valence-electron chi connectivity index (χ2n) is 6.86. The molecule has 0 bridgehead atoms. The van der Waals surface area contributed by atoms with Crippen molar-refractivity contribution in [3.8, 4) is 5.75 Å². The third-order valence-electron chi connectivity index (χ3n) is 4.58.